The Morgan fingerprint density at radius 2 is 1.14 bits per heavy atom. The van der Waals surface area contributed by atoms with Gasteiger partial charge in [-0.2, -0.15) is 0 Å². The van der Waals surface area contributed by atoms with Gasteiger partial charge in [-0.3, -0.25) is 0 Å². The molecular formula is C53H30N4OS. The highest BCUT2D eigenvalue weighted by Gasteiger charge is 2.20. The third-order valence-electron chi connectivity index (χ3n) is 11.8. The Balaban J connectivity index is 0.976. The first-order valence-corrected chi connectivity index (χ1v) is 20.6. The van der Waals surface area contributed by atoms with Crippen LogP contribution in [0.25, 0.3) is 125 Å². The zero-order valence-electron chi connectivity index (χ0n) is 31.4. The Morgan fingerprint density at radius 1 is 0.407 bits per heavy atom. The van der Waals surface area contributed by atoms with Gasteiger partial charge in [0.1, 0.15) is 11.2 Å². The number of fused-ring (bicyclic) bond motifs is 12. The molecular weight excluding hydrogens is 741 g/mol. The summed E-state index contributed by atoms with van der Waals surface area (Å²) >= 11 is 1.80. The van der Waals surface area contributed by atoms with Crippen molar-refractivity contribution in [1.29, 1.82) is 0 Å². The van der Waals surface area contributed by atoms with Crippen molar-refractivity contribution in [2.75, 3.05) is 0 Å². The van der Waals surface area contributed by atoms with E-state index in [0.29, 0.717) is 17.5 Å². The van der Waals surface area contributed by atoms with E-state index in [9.17, 15) is 0 Å². The smallest absolute Gasteiger partial charge is 0.167 e. The fourth-order valence-corrected chi connectivity index (χ4v) is 10.2. The van der Waals surface area contributed by atoms with Gasteiger partial charge in [-0.1, -0.05) is 127 Å². The molecule has 4 heterocycles. The highest BCUT2D eigenvalue weighted by Crippen LogP contribution is 2.42. The van der Waals surface area contributed by atoms with Gasteiger partial charge in [0.15, 0.2) is 17.5 Å². The molecule has 13 aromatic rings. The van der Waals surface area contributed by atoms with Crippen molar-refractivity contribution in [2.45, 2.75) is 0 Å². The number of nitrogens with zero attached hydrogens (tertiary/aromatic N) is 4. The van der Waals surface area contributed by atoms with E-state index in [1.54, 1.807) is 11.3 Å². The van der Waals surface area contributed by atoms with Gasteiger partial charge in [-0.15, -0.1) is 11.3 Å². The zero-order chi connectivity index (χ0) is 38.6. The predicted molar refractivity (Wildman–Crippen MR) is 246 cm³/mol. The average Bonchev–Trinajstić information content (AvgIpc) is 3.97. The molecule has 0 fully saturated rings. The first kappa shape index (κ1) is 32.4. The SMILES string of the molecule is c1ccc(-c2nc(-c3ccc4c(c3)sc3ccc(-n5c6ccccc6c6cc7ccccc7cc65)cc34)nc(-c3cccc4c3oc3ccc5ccccc5c34)n2)cc1. The first-order chi connectivity index (χ1) is 29.2. The summed E-state index contributed by atoms with van der Waals surface area (Å²) in [4.78, 5) is 15.4. The number of thiophene rings is 1. The van der Waals surface area contributed by atoms with E-state index in [2.05, 4.69) is 150 Å². The van der Waals surface area contributed by atoms with E-state index < -0.39 is 0 Å². The lowest BCUT2D eigenvalue weighted by Gasteiger charge is -2.09. The summed E-state index contributed by atoms with van der Waals surface area (Å²) in [5.41, 5.74) is 7.84. The second kappa shape index (κ2) is 12.4. The van der Waals surface area contributed by atoms with Crippen molar-refractivity contribution in [3.8, 4) is 39.9 Å². The maximum Gasteiger partial charge on any atom is 0.167 e. The molecule has 59 heavy (non-hydrogen) atoms. The molecule has 274 valence electrons. The molecule has 9 aromatic carbocycles. The van der Waals surface area contributed by atoms with Crippen LogP contribution in [0.15, 0.2) is 186 Å². The molecule has 13 rings (SSSR count). The van der Waals surface area contributed by atoms with Gasteiger partial charge in [0.05, 0.1) is 16.6 Å². The van der Waals surface area contributed by atoms with Crippen molar-refractivity contribution in [3.63, 3.8) is 0 Å². The normalized spacial score (nSPS) is 12.1. The monoisotopic (exact) mass is 770 g/mol. The molecule has 4 aromatic heterocycles. The highest BCUT2D eigenvalue weighted by molar-refractivity contribution is 7.25. The zero-order valence-corrected chi connectivity index (χ0v) is 32.2. The molecule has 6 heteroatoms. The number of aromatic nitrogens is 4. The van der Waals surface area contributed by atoms with Gasteiger partial charge in [0, 0.05) is 58.5 Å². The van der Waals surface area contributed by atoms with Crippen molar-refractivity contribution >= 4 is 96.8 Å². The summed E-state index contributed by atoms with van der Waals surface area (Å²) in [5, 5.41) is 11.9. The molecule has 0 amide bonds. The Bertz CT molecular complexity index is 3860. The van der Waals surface area contributed by atoms with Crippen LogP contribution in [-0.4, -0.2) is 19.5 Å². The minimum atomic E-state index is 0.572. The Hall–Kier alpha value is -7.67. The number of para-hydroxylation sites is 2. The molecule has 0 radical (unpaired) electrons. The summed E-state index contributed by atoms with van der Waals surface area (Å²) in [6, 6.07) is 64.5. The molecule has 0 N–H and O–H groups in total. The molecule has 0 spiro atoms. The van der Waals surface area contributed by atoms with E-state index >= 15 is 0 Å². The van der Waals surface area contributed by atoms with Crippen molar-refractivity contribution in [1.82, 2.24) is 19.5 Å². The molecule has 0 aliphatic heterocycles. The average molecular weight is 771 g/mol. The Morgan fingerprint density at radius 3 is 2.02 bits per heavy atom. The maximum atomic E-state index is 6.63. The molecule has 0 saturated carbocycles. The third kappa shape index (κ3) is 4.94. The summed E-state index contributed by atoms with van der Waals surface area (Å²) in [6.45, 7) is 0. The molecule has 0 bridgehead atoms. The highest BCUT2D eigenvalue weighted by atomic mass is 32.1. The largest absolute Gasteiger partial charge is 0.455 e. The van der Waals surface area contributed by atoms with Crippen molar-refractivity contribution in [2.24, 2.45) is 0 Å². The summed E-state index contributed by atoms with van der Waals surface area (Å²) in [7, 11) is 0. The lowest BCUT2D eigenvalue weighted by molar-refractivity contribution is 0.670. The van der Waals surface area contributed by atoms with Gasteiger partial charge in [0.2, 0.25) is 0 Å². The topological polar surface area (TPSA) is 56.7 Å². The Labute approximate surface area is 341 Å². The predicted octanol–water partition coefficient (Wildman–Crippen LogP) is 14.5. The van der Waals surface area contributed by atoms with E-state index in [1.807, 2.05) is 36.4 Å². The molecule has 0 unspecified atom stereocenters. The van der Waals surface area contributed by atoms with Crippen LogP contribution in [0.4, 0.5) is 0 Å². The van der Waals surface area contributed by atoms with Gasteiger partial charge in [-0.05, 0) is 76.1 Å². The number of benzene rings is 9. The fraction of sp³-hybridized carbons (Fsp3) is 0. The number of hydrogen-bond donors (Lipinski definition) is 0. The second-order valence-corrected chi connectivity index (χ2v) is 16.3. The lowest BCUT2D eigenvalue weighted by Crippen LogP contribution is -2.00. The molecule has 5 nitrogen and oxygen atoms in total. The van der Waals surface area contributed by atoms with Crippen LogP contribution >= 0.6 is 11.3 Å². The van der Waals surface area contributed by atoms with E-state index in [4.69, 9.17) is 19.4 Å². The molecule has 0 aliphatic rings. The van der Waals surface area contributed by atoms with E-state index in [0.717, 1.165) is 49.7 Å². The summed E-state index contributed by atoms with van der Waals surface area (Å²) < 4.78 is 11.5. The number of rotatable bonds is 4. The quantitative estimate of drug-likeness (QED) is 0.179. The third-order valence-corrected chi connectivity index (χ3v) is 12.9. The van der Waals surface area contributed by atoms with Gasteiger partial charge in [0.25, 0.3) is 0 Å². The lowest BCUT2D eigenvalue weighted by atomic mass is 10.0. The van der Waals surface area contributed by atoms with Crippen LogP contribution in [0.5, 0.6) is 0 Å². The van der Waals surface area contributed by atoms with E-state index in [-0.39, 0.29) is 0 Å². The minimum Gasteiger partial charge on any atom is -0.455 e. The molecule has 0 atom stereocenters. The van der Waals surface area contributed by atoms with Crippen molar-refractivity contribution < 1.29 is 4.42 Å². The fourth-order valence-electron chi connectivity index (χ4n) is 9.06. The Kier molecular flexibility index (Phi) is 6.82. The van der Waals surface area contributed by atoms with Crippen LogP contribution in [0, 0.1) is 0 Å². The number of hydrogen-bond acceptors (Lipinski definition) is 5. The summed E-state index contributed by atoms with van der Waals surface area (Å²) in [6.07, 6.45) is 0. The minimum absolute atomic E-state index is 0.572. The van der Waals surface area contributed by atoms with Crippen LogP contribution < -0.4 is 0 Å². The molecule has 0 saturated heterocycles. The summed E-state index contributed by atoms with van der Waals surface area (Å²) in [5.74, 6) is 1.80. The first-order valence-electron chi connectivity index (χ1n) is 19.8. The maximum absolute atomic E-state index is 6.63. The number of furan rings is 1. The van der Waals surface area contributed by atoms with Crippen LogP contribution in [0.1, 0.15) is 0 Å². The van der Waals surface area contributed by atoms with Crippen LogP contribution in [0.2, 0.25) is 0 Å². The van der Waals surface area contributed by atoms with Gasteiger partial charge >= 0.3 is 0 Å². The standard InChI is InChI=1S/C53H30N4OS/c1-2-12-32(13-3-1)51-54-52(56-53(55-51)41-19-10-18-40-49-37-16-7-6-11-31(37)22-25-46(49)58-50(40)41)35-21-24-39-43-30-36(23-26-47(43)59-48(39)29-35)57-44-20-9-8-17-38(44)42-27-33-14-4-5-15-34(33)28-45(42)57/h1-30H. The van der Waals surface area contributed by atoms with Gasteiger partial charge in [-0.25, -0.2) is 15.0 Å². The second-order valence-electron chi connectivity index (χ2n) is 15.2. The molecule has 0 aliphatic carbocycles. The van der Waals surface area contributed by atoms with E-state index in [1.165, 1.54) is 58.1 Å². The van der Waals surface area contributed by atoms with Gasteiger partial charge < -0.3 is 8.98 Å². The van der Waals surface area contributed by atoms with Crippen LogP contribution in [0.3, 0.4) is 0 Å². The van der Waals surface area contributed by atoms with Crippen LogP contribution in [-0.2, 0) is 0 Å². The van der Waals surface area contributed by atoms with Crippen molar-refractivity contribution in [3.05, 3.63) is 182 Å².